The lowest BCUT2D eigenvalue weighted by molar-refractivity contribution is 0.0161. The van der Waals surface area contributed by atoms with Crippen LogP contribution in [0.4, 0.5) is 0 Å². The van der Waals surface area contributed by atoms with Crippen molar-refractivity contribution in [3.8, 4) is 11.1 Å². The molecule has 3 heterocycles. The minimum atomic E-state index is -0.334. The van der Waals surface area contributed by atoms with E-state index in [1.54, 1.807) is 0 Å². The van der Waals surface area contributed by atoms with Crippen molar-refractivity contribution in [1.82, 2.24) is 14.9 Å². The summed E-state index contributed by atoms with van der Waals surface area (Å²) in [5, 5.41) is 1.60. The Morgan fingerprint density at radius 3 is 2.76 bits per heavy atom. The summed E-state index contributed by atoms with van der Waals surface area (Å²) in [5.74, 6) is -0.334. The summed E-state index contributed by atoms with van der Waals surface area (Å²) in [4.78, 5) is 22.8. The maximum Gasteiger partial charge on any atom is 0.338 e. The Morgan fingerprint density at radius 2 is 1.97 bits per heavy atom. The van der Waals surface area contributed by atoms with Gasteiger partial charge in [-0.15, -0.1) is 0 Å². The molecule has 0 radical (unpaired) electrons. The number of methoxy groups -OCH3 is 1. The maximum absolute atomic E-state index is 12.5. The quantitative estimate of drug-likeness (QED) is 0.384. The van der Waals surface area contributed by atoms with Crippen LogP contribution in [0.1, 0.15) is 27.5 Å². The number of nitrogens with zero attached hydrogens (tertiary/aromatic N) is 2. The first-order valence-electron chi connectivity index (χ1n) is 11.3. The Hall–Kier alpha value is -3.19. The van der Waals surface area contributed by atoms with E-state index in [2.05, 4.69) is 20.9 Å². The molecule has 4 aromatic rings. The molecule has 1 saturated heterocycles. The summed E-state index contributed by atoms with van der Waals surface area (Å²) < 4.78 is 10.7. The number of esters is 1. The molecule has 6 nitrogen and oxygen atoms in total. The summed E-state index contributed by atoms with van der Waals surface area (Å²) in [7, 11) is 1.41. The van der Waals surface area contributed by atoms with Gasteiger partial charge >= 0.3 is 5.97 Å². The molecule has 174 valence electrons. The van der Waals surface area contributed by atoms with Crippen LogP contribution in [0.3, 0.4) is 0 Å². The molecule has 1 fully saturated rings. The van der Waals surface area contributed by atoms with Gasteiger partial charge < -0.3 is 14.5 Å². The molecule has 0 saturated carbocycles. The number of hydrogen-bond donors (Lipinski definition) is 1. The fourth-order valence-electron chi connectivity index (χ4n) is 4.72. The van der Waals surface area contributed by atoms with Crippen molar-refractivity contribution in [2.45, 2.75) is 12.5 Å². The number of hydrogen-bond acceptors (Lipinski definition) is 5. The molecular weight excluding hydrogens is 450 g/mol. The van der Waals surface area contributed by atoms with Crippen LogP contribution in [0.2, 0.25) is 5.02 Å². The largest absolute Gasteiger partial charge is 0.465 e. The van der Waals surface area contributed by atoms with E-state index in [9.17, 15) is 4.79 Å². The Morgan fingerprint density at radius 1 is 1.15 bits per heavy atom. The highest BCUT2D eigenvalue weighted by Gasteiger charge is 2.26. The number of nitrogens with one attached hydrogen (secondary N) is 1. The first-order valence-corrected chi connectivity index (χ1v) is 11.7. The maximum atomic E-state index is 12.5. The molecule has 0 spiro atoms. The van der Waals surface area contributed by atoms with Crippen molar-refractivity contribution in [1.29, 1.82) is 0 Å². The van der Waals surface area contributed by atoms with Crippen LogP contribution < -0.4 is 0 Å². The standard InChI is InChI=1S/C27H26ClN3O3/c1-33-27(32)23-6-3-7-24-26(23)21(17-30-24)14-25(31-8-10-34-11-9-31)20-12-19(15-29-16-20)18-4-2-5-22(28)13-18/h2-7,12-13,15-17,25,30H,8-11,14H2,1H3. The molecule has 2 aromatic heterocycles. The van der Waals surface area contributed by atoms with Crippen molar-refractivity contribution < 1.29 is 14.3 Å². The molecule has 0 amide bonds. The lowest BCUT2D eigenvalue weighted by atomic mass is 9.94. The molecule has 0 aliphatic carbocycles. The molecule has 1 atom stereocenters. The van der Waals surface area contributed by atoms with Crippen LogP contribution in [0.5, 0.6) is 0 Å². The van der Waals surface area contributed by atoms with Gasteiger partial charge in [-0.05, 0) is 53.4 Å². The smallest absolute Gasteiger partial charge is 0.338 e. The lowest BCUT2D eigenvalue weighted by Crippen LogP contribution is -2.40. The third-order valence-electron chi connectivity index (χ3n) is 6.39. The molecule has 7 heteroatoms. The Labute approximate surface area is 203 Å². The van der Waals surface area contributed by atoms with Crippen LogP contribution in [0.25, 0.3) is 22.0 Å². The Kier molecular flexibility index (Phi) is 6.63. The SMILES string of the molecule is COC(=O)c1cccc2[nH]cc(CC(c3cncc(-c4cccc(Cl)c4)c3)N3CCOCC3)c12. The summed E-state index contributed by atoms with van der Waals surface area (Å²) in [6, 6.07) is 15.7. The molecular formula is C27H26ClN3O3. The topological polar surface area (TPSA) is 67.5 Å². The van der Waals surface area contributed by atoms with Gasteiger partial charge in [0.25, 0.3) is 0 Å². The minimum absolute atomic E-state index is 0.0697. The highest BCUT2D eigenvalue weighted by atomic mass is 35.5. The van der Waals surface area contributed by atoms with Gasteiger partial charge in [-0.3, -0.25) is 9.88 Å². The molecule has 1 aliphatic rings. The predicted octanol–water partition coefficient (Wildman–Crippen LogP) is 5.29. The van der Waals surface area contributed by atoms with E-state index >= 15 is 0 Å². The second kappa shape index (κ2) is 9.97. The van der Waals surface area contributed by atoms with Crippen LogP contribution in [0.15, 0.2) is 67.1 Å². The average Bonchev–Trinajstić information content (AvgIpc) is 3.30. The summed E-state index contributed by atoms with van der Waals surface area (Å²) >= 11 is 6.24. The molecule has 2 aromatic carbocycles. The number of fused-ring (bicyclic) bond motifs is 1. The zero-order chi connectivity index (χ0) is 23.5. The van der Waals surface area contributed by atoms with E-state index in [4.69, 9.17) is 21.1 Å². The number of morpholine rings is 1. The second-order valence-corrected chi connectivity index (χ2v) is 8.86. The minimum Gasteiger partial charge on any atom is -0.465 e. The van der Waals surface area contributed by atoms with Crippen molar-refractivity contribution in [3.05, 3.63) is 88.8 Å². The predicted molar refractivity (Wildman–Crippen MR) is 133 cm³/mol. The van der Waals surface area contributed by atoms with Crippen LogP contribution in [-0.4, -0.2) is 54.3 Å². The second-order valence-electron chi connectivity index (χ2n) is 8.42. The van der Waals surface area contributed by atoms with Gasteiger partial charge in [-0.25, -0.2) is 4.79 Å². The summed E-state index contributed by atoms with van der Waals surface area (Å²) in [5.41, 5.74) is 5.73. The number of pyridine rings is 1. The van der Waals surface area contributed by atoms with Crippen molar-refractivity contribution in [2.75, 3.05) is 33.4 Å². The third-order valence-corrected chi connectivity index (χ3v) is 6.63. The van der Waals surface area contributed by atoms with Gasteiger partial charge in [0.1, 0.15) is 0 Å². The van der Waals surface area contributed by atoms with E-state index in [1.807, 2.05) is 61.1 Å². The first-order chi connectivity index (χ1) is 16.6. The van der Waals surface area contributed by atoms with Gasteiger partial charge in [0.2, 0.25) is 0 Å². The van der Waals surface area contributed by atoms with E-state index in [0.29, 0.717) is 30.2 Å². The fourth-order valence-corrected chi connectivity index (χ4v) is 4.91. The number of halogens is 1. The molecule has 5 rings (SSSR count). The van der Waals surface area contributed by atoms with E-state index < -0.39 is 0 Å². The number of H-pyrrole nitrogens is 1. The van der Waals surface area contributed by atoms with E-state index in [-0.39, 0.29) is 12.0 Å². The highest BCUT2D eigenvalue weighted by Crippen LogP contribution is 2.33. The third kappa shape index (κ3) is 4.57. The number of carbonyl (C=O) groups is 1. The Bertz CT molecular complexity index is 1310. The zero-order valence-corrected chi connectivity index (χ0v) is 19.7. The normalized spacial score (nSPS) is 15.4. The average molecular weight is 476 g/mol. The van der Waals surface area contributed by atoms with Crippen molar-refractivity contribution in [3.63, 3.8) is 0 Å². The van der Waals surface area contributed by atoms with Crippen molar-refractivity contribution in [2.24, 2.45) is 0 Å². The Balaban J connectivity index is 1.56. The van der Waals surface area contributed by atoms with Crippen LogP contribution >= 0.6 is 11.6 Å². The highest BCUT2D eigenvalue weighted by molar-refractivity contribution is 6.30. The first kappa shape index (κ1) is 22.6. The van der Waals surface area contributed by atoms with Gasteiger partial charge in [0, 0.05) is 59.2 Å². The summed E-state index contributed by atoms with van der Waals surface area (Å²) in [6.45, 7) is 3.05. The summed E-state index contributed by atoms with van der Waals surface area (Å²) in [6.07, 6.45) is 6.52. The number of benzene rings is 2. The van der Waals surface area contributed by atoms with Gasteiger partial charge in [-0.1, -0.05) is 29.8 Å². The zero-order valence-electron chi connectivity index (χ0n) is 19.0. The lowest BCUT2D eigenvalue weighted by Gasteiger charge is -2.35. The molecule has 1 unspecified atom stereocenters. The number of aromatic amines is 1. The van der Waals surface area contributed by atoms with E-state index in [0.717, 1.165) is 46.2 Å². The number of ether oxygens (including phenoxy) is 2. The van der Waals surface area contributed by atoms with Gasteiger partial charge in [-0.2, -0.15) is 0 Å². The molecule has 0 bridgehead atoms. The van der Waals surface area contributed by atoms with Gasteiger partial charge in [0.15, 0.2) is 0 Å². The fraction of sp³-hybridized carbons (Fsp3) is 0.259. The molecule has 1 N–H and O–H groups in total. The van der Waals surface area contributed by atoms with E-state index in [1.165, 1.54) is 7.11 Å². The molecule has 1 aliphatic heterocycles. The number of rotatable bonds is 6. The van der Waals surface area contributed by atoms with Crippen molar-refractivity contribution >= 4 is 28.5 Å². The van der Waals surface area contributed by atoms with Crippen LogP contribution in [0, 0.1) is 0 Å². The van der Waals surface area contributed by atoms with Crippen LogP contribution in [-0.2, 0) is 15.9 Å². The number of aromatic nitrogens is 2. The monoisotopic (exact) mass is 475 g/mol. The number of carbonyl (C=O) groups excluding carboxylic acids is 1. The van der Waals surface area contributed by atoms with Gasteiger partial charge in [0.05, 0.1) is 25.9 Å². The molecule has 34 heavy (non-hydrogen) atoms.